The number of aryl methyl sites for hydroxylation is 1. The van der Waals surface area contributed by atoms with E-state index < -0.39 is 0 Å². The normalized spacial score (nSPS) is 20.3. The number of hydrogen-bond donors (Lipinski definition) is 1. The van der Waals surface area contributed by atoms with Gasteiger partial charge in [0.2, 0.25) is 5.91 Å². The third-order valence-corrected chi connectivity index (χ3v) is 3.78. The number of nitrogens with zero attached hydrogens (tertiary/aromatic N) is 1. The quantitative estimate of drug-likeness (QED) is 0.902. The lowest BCUT2D eigenvalue weighted by Crippen LogP contribution is -2.32. The molecule has 1 aliphatic rings. The van der Waals surface area contributed by atoms with Crippen LogP contribution in [0.2, 0.25) is 0 Å². The Hall–Kier alpha value is -1.55. The molecule has 1 aliphatic heterocycles. The highest BCUT2D eigenvalue weighted by molar-refractivity contribution is 5.77. The second-order valence-electron chi connectivity index (χ2n) is 4.90. The van der Waals surface area contributed by atoms with Crippen molar-refractivity contribution in [1.82, 2.24) is 10.2 Å². The zero-order chi connectivity index (χ0) is 13.8. The summed E-state index contributed by atoms with van der Waals surface area (Å²) in [5.41, 5.74) is 2.35. The fourth-order valence-corrected chi connectivity index (χ4v) is 2.54. The van der Waals surface area contributed by atoms with Gasteiger partial charge in [0.1, 0.15) is 5.75 Å². The molecule has 0 aromatic heterocycles. The van der Waals surface area contributed by atoms with Crippen molar-refractivity contribution >= 4 is 5.91 Å². The van der Waals surface area contributed by atoms with Crippen LogP contribution in [0.1, 0.15) is 30.5 Å². The van der Waals surface area contributed by atoms with Crippen molar-refractivity contribution in [3.63, 3.8) is 0 Å². The summed E-state index contributed by atoms with van der Waals surface area (Å²) < 4.78 is 5.36. The van der Waals surface area contributed by atoms with Gasteiger partial charge in [-0.3, -0.25) is 4.79 Å². The van der Waals surface area contributed by atoms with Gasteiger partial charge in [0.25, 0.3) is 0 Å². The molecule has 19 heavy (non-hydrogen) atoms. The first-order chi connectivity index (χ1) is 9.17. The predicted octanol–water partition coefficient (Wildman–Crippen LogP) is 1.75. The summed E-state index contributed by atoms with van der Waals surface area (Å²) in [6.07, 6.45) is 1.50. The van der Waals surface area contributed by atoms with Crippen LogP contribution >= 0.6 is 0 Å². The highest BCUT2D eigenvalue weighted by Gasteiger charge is 2.24. The van der Waals surface area contributed by atoms with E-state index in [0.29, 0.717) is 6.42 Å². The van der Waals surface area contributed by atoms with Crippen molar-refractivity contribution < 1.29 is 9.53 Å². The second kappa shape index (κ2) is 6.06. The van der Waals surface area contributed by atoms with Crippen molar-refractivity contribution in [2.45, 2.75) is 25.8 Å². The number of nitrogens with one attached hydrogen (secondary N) is 1. The molecule has 1 saturated heterocycles. The van der Waals surface area contributed by atoms with Crippen LogP contribution in [-0.2, 0) is 11.2 Å². The molecule has 1 aromatic rings. The summed E-state index contributed by atoms with van der Waals surface area (Å²) in [5, 5.41) is 3.33. The summed E-state index contributed by atoms with van der Waals surface area (Å²) in [6.45, 7) is 3.68. The number of carbonyl (C=O) groups is 1. The molecule has 0 saturated carbocycles. The molecule has 1 N–H and O–H groups in total. The molecule has 1 fully saturated rings. The van der Waals surface area contributed by atoms with Crippen molar-refractivity contribution in [3.05, 3.63) is 29.3 Å². The van der Waals surface area contributed by atoms with Crippen molar-refractivity contribution in [2.24, 2.45) is 0 Å². The van der Waals surface area contributed by atoms with Gasteiger partial charge < -0.3 is 15.0 Å². The lowest BCUT2D eigenvalue weighted by atomic mass is 10.0. The summed E-state index contributed by atoms with van der Waals surface area (Å²) in [4.78, 5) is 13.8. The third kappa shape index (κ3) is 2.89. The molecule has 1 heterocycles. The standard InChI is InChI=1S/C15H22N2O2/c1-4-11-9-12(5-6-14(11)19-3)13-10-16-8-7-15(18)17(13)2/h5-6,9,13,16H,4,7-8,10H2,1-3H3. The van der Waals surface area contributed by atoms with E-state index in [1.807, 2.05) is 18.0 Å². The lowest BCUT2D eigenvalue weighted by Gasteiger charge is -2.27. The van der Waals surface area contributed by atoms with E-state index >= 15 is 0 Å². The van der Waals surface area contributed by atoms with Gasteiger partial charge in [-0.25, -0.2) is 0 Å². The molecule has 0 spiro atoms. The lowest BCUT2D eigenvalue weighted by molar-refractivity contribution is -0.131. The summed E-state index contributed by atoms with van der Waals surface area (Å²) in [7, 11) is 3.58. The molecule has 0 bridgehead atoms. The van der Waals surface area contributed by atoms with E-state index in [0.717, 1.165) is 25.3 Å². The van der Waals surface area contributed by atoms with E-state index in [-0.39, 0.29) is 11.9 Å². The molecule has 4 heteroatoms. The summed E-state index contributed by atoms with van der Waals surface area (Å²) in [6, 6.07) is 6.31. The Kier molecular flexibility index (Phi) is 4.43. The first-order valence-electron chi connectivity index (χ1n) is 6.80. The van der Waals surface area contributed by atoms with Crippen molar-refractivity contribution in [2.75, 3.05) is 27.2 Å². The number of ether oxygens (including phenoxy) is 1. The molecule has 104 valence electrons. The number of methoxy groups -OCH3 is 1. The molecule has 1 aromatic carbocycles. The van der Waals surface area contributed by atoms with Gasteiger partial charge in [0.05, 0.1) is 13.2 Å². The maximum Gasteiger partial charge on any atom is 0.224 e. The predicted molar refractivity (Wildman–Crippen MR) is 75.4 cm³/mol. The first kappa shape index (κ1) is 13.9. The van der Waals surface area contributed by atoms with Crippen LogP contribution in [0.4, 0.5) is 0 Å². The second-order valence-corrected chi connectivity index (χ2v) is 4.90. The van der Waals surface area contributed by atoms with Gasteiger partial charge in [-0.15, -0.1) is 0 Å². The average molecular weight is 262 g/mol. The van der Waals surface area contributed by atoms with E-state index in [2.05, 4.69) is 24.4 Å². The Morgan fingerprint density at radius 1 is 1.47 bits per heavy atom. The number of carbonyl (C=O) groups excluding carboxylic acids is 1. The number of amides is 1. The Labute approximate surface area is 114 Å². The molecular weight excluding hydrogens is 240 g/mol. The molecule has 1 unspecified atom stereocenters. The smallest absolute Gasteiger partial charge is 0.224 e. The van der Waals surface area contributed by atoms with Gasteiger partial charge >= 0.3 is 0 Å². The number of hydrogen-bond acceptors (Lipinski definition) is 3. The van der Waals surface area contributed by atoms with Crippen LogP contribution in [-0.4, -0.2) is 38.1 Å². The van der Waals surface area contributed by atoms with E-state index in [4.69, 9.17) is 4.74 Å². The van der Waals surface area contributed by atoms with Crippen LogP contribution in [0.5, 0.6) is 5.75 Å². The zero-order valence-electron chi connectivity index (χ0n) is 11.9. The summed E-state index contributed by atoms with van der Waals surface area (Å²) in [5.74, 6) is 1.12. The van der Waals surface area contributed by atoms with Gasteiger partial charge in [0.15, 0.2) is 0 Å². The first-order valence-corrected chi connectivity index (χ1v) is 6.80. The Balaban J connectivity index is 2.31. The van der Waals surface area contributed by atoms with Gasteiger partial charge in [0, 0.05) is 26.6 Å². The van der Waals surface area contributed by atoms with Crippen LogP contribution in [0, 0.1) is 0 Å². The minimum Gasteiger partial charge on any atom is -0.496 e. The number of rotatable bonds is 3. The maximum absolute atomic E-state index is 11.9. The SMILES string of the molecule is CCc1cc(C2CNCCC(=O)N2C)ccc1OC. The monoisotopic (exact) mass is 262 g/mol. The molecule has 0 radical (unpaired) electrons. The fourth-order valence-electron chi connectivity index (χ4n) is 2.54. The zero-order valence-corrected chi connectivity index (χ0v) is 11.9. The van der Waals surface area contributed by atoms with Crippen LogP contribution in [0.25, 0.3) is 0 Å². The highest BCUT2D eigenvalue weighted by atomic mass is 16.5. The maximum atomic E-state index is 11.9. The van der Waals surface area contributed by atoms with Gasteiger partial charge in [-0.2, -0.15) is 0 Å². The van der Waals surface area contributed by atoms with Gasteiger partial charge in [-0.1, -0.05) is 19.1 Å². The molecule has 4 nitrogen and oxygen atoms in total. The minimum absolute atomic E-state index is 0.103. The molecule has 1 atom stereocenters. The number of likely N-dealkylation sites (N-methyl/N-ethyl adjacent to an activating group) is 1. The fraction of sp³-hybridized carbons (Fsp3) is 0.533. The summed E-state index contributed by atoms with van der Waals surface area (Å²) >= 11 is 0. The Morgan fingerprint density at radius 3 is 2.95 bits per heavy atom. The highest BCUT2D eigenvalue weighted by Crippen LogP contribution is 2.27. The van der Waals surface area contributed by atoms with E-state index in [1.165, 1.54) is 11.1 Å². The molecule has 2 rings (SSSR count). The van der Waals surface area contributed by atoms with Crippen molar-refractivity contribution in [3.8, 4) is 5.75 Å². The Morgan fingerprint density at radius 2 is 2.26 bits per heavy atom. The number of benzene rings is 1. The van der Waals surface area contributed by atoms with E-state index in [1.54, 1.807) is 7.11 Å². The molecule has 0 aliphatic carbocycles. The largest absolute Gasteiger partial charge is 0.496 e. The minimum atomic E-state index is 0.103. The van der Waals surface area contributed by atoms with Crippen LogP contribution in [0.15, 0.2) is 18.2 Å². The average Bonchev–Trinajstić information content (AvgIpc) is 2.61. The topological polar surface area (TPSA) is 41.6 Å². The van der Waals surface area contributed by atoms with Crippen LogP contribution in [0.3, 0.4) is 0 Å². The van der Waals surface area contributed by atoms with Gasteiger partial charge in [-0.05, 0) is 23.6 Å². The van der Waals surface area contributed by atoms with Crippen LogP contribution < -0.4 is 10.1 Å². The molecule has 1 amide bonds. The van der Waals surface area contributed by atoms with Crippen molar-refractivity contribution in [1.29, 1.82) is 0 Å². The Bertz CT molecular complexity index is 459. The molecular formula is C15H22N2O2. The van der Waals surface area contributed by atoms with E-state index in [9.17, 15) is 4.79 Å². The third-order valence-electron chi connectivity index (χ3n) is 3.78.